The van der Waals surface area contributed by atoms with Crippen molar-refractivity contribution in [1.29, 1.82) is 0 Å². The summed E-state index contributed by atoms with van der Waals surface area (Å²) < 4.78 is 11.3. The third kappa shape index (κ3) is 4.13. The van der Waals surface area contributed by atoms with E-state index in [-0.39, 0.29) is 6.10 Å². The molecule has 0 aliphatic carbocycles. The van der Waals surface area contributed by atoms with Gasteiger partial charge in [0.25, 0.3) is 0 Å². The van der Waals surface area contributed by atoms with Crippen LogP contribution in [0, 0.1) is 0 Å². The minimum Gasteiger partial charge on any atom is -0.474 e. The lowest BCUT2D eigenvalue weighted by atomic mass is 10.1. The van der Waals surface area contributed by atoms with Gasteiger partial charge in [-0.15, -0.1) is 0 Å². The Bertz CT molecular complexity index is 423. The fourth-order valence-corrected chi connectivity index (χ4v) is 2.43. The van der Waals surface area contributed by atoms with E-state index in [0.29, 0.717) is 28.3 Å². The lowest BCUT2D eigenvalue weighted by molar-refractivity contribution is -0.0118. The van der Waals surface area contributed by atoms with Crippen LogP contribution in [0.15, 0.2) is 6.07 Å². The number of anilines is 1. The number of aromatic nitrogens is 1. The highest BCUT2D eigenvalue weighted by Gasteiger charge is 2.16. The van der Waals surface area contributed by atoms with Crippen molar-refractivity contribution in [2.75, 3.05) is 25.1 Å². The number of hydrogen-bond donors (Lipinski definition) is 1. The largest absolute Gasteiger partial charge is 0.474 e. The van der Waals surface area contributed by atoms with Crippen molar-refractivity contribution in [3.63, 3.8) is 0 Å². The molecule has 2 rings (SSSR count). The maximum atomic E-state index is 6.08. The van der Waals surface area contributed by atoms with Crippen LogP contribution in [-0.2, 0) is 4.74 Å². The van der Waals surface area contributed by atoms with Crippen LogP contribution in [0.25, 0.3) is 0 Å². The predicted molar refractivity (Wildman–Crippen MR) is 77.5 cm³/mol. The van der Waals surface area contributed by atoms with Crippen molar-refractivity contribution in [3.8, 4) is 5.88 Å². The Balaban J connectivity index is 2.00. The van der Waals surface area contributed by atoms with E-state index in [0.717, 1.165) is 26.0 Å². The van der Waals surface area contributed by atoms with Crippen LogP contribution in [-0.4, -0.2) is 30.8 Å². The van der Waals surface area contributed by atoms with Gasteiger partial charge in [-0.3, -0.25) is 0 Å². The second-order valence-electron chi connectivity index (χ2n) is 4.44. The van der Waals surface area contributed by atoms with Gasteiger partial charge in [-0.2, -0.15) is 4.98 Å². The van der Waals surface area contributed by atoms with Crippen LogP contribution in [0.1, 0.15) is 26.2 Å². The van der Waals surface area contributed by atoms with Crippen LogP contribution in [0.5, 0.6) is 5.88 Å². The first-order valence-corrected chi connectivity index (χ1v) is 7.30. The Morgan fingerprint density at radius 1 is 1.42 bits per heavy atom. The monoisotopic (exact) mass is 304 g/mol. The van der Waals surface area contributed by atoms with Crippen molar-refractivity contribution in [2.45, 2.75) is 32.3 Å². The molecule has 0 bridgehead atoms. The molecule has 4 nitrogen and oxygen atoms in total. The first-order chi connectivity index (χ1) is 9.20. The maximum absolute atomic E-state index is 6.08. The summed E-state index contributed by atoms with van der Waals surface area (Å²) in [5.74, 6) is 0.990. The van der Waals surface area contributed by atoms with Crippen LogP contribution in [0.2, 0.25) is 10.0 Å². The van der Waals surface area contributed by atoms with Gasteiger partial charge in [0.2, 0.25) is 5.88 Å². The molecule has 1 saturated heterocycles. The summed E-state index contributed by atoms with van der Waals surface area (Å²) in [7, 11) is 0. The zero-order valence-electron chi connectivity index (χ0n) is 10.9. The predicted octanol–water partition coefficient (Wildman–Crippen LogP) is 3.77. The molecule has 1 atom stereocenters. The number of rotatable bonds is 5. The zero-order chi connectivity index (χ0) is 13.7. The second kappa shape index (κ2) is 7.17. The summed E-state index contributed by atoms with van der Waals surface area (Å²) in [6.07, 6.45) is 3.45. The molecule has 6 heteroatoms. The van der Waals surface area contributed by atoms with Gasteiger partial charge in [0.1, 0.15) is 17.4 Å². The standard InChI is InChI=1S/C13H18Cl2N2O2/c1-2-16-12-10(14)7-11(15)13(17-12)19-8-9-5-3-4-6-18-9/h7,9H,2-6,8H2,1H3,(H,16,17). The van der Waals surface area contributed by atoms with E-state index in [1.54, 1.807) is 6.07 Å². The normalized spacial score (nSPS) is 19.2. The number of ether oxygens (including phenoxy) is 2. The second-order valence-corrected chi connectivity index (χ2v) is 5.25. The molecular formula is C13H18Cl2N2O2. The van der Waals surface area contributed by atoms with Gasteiger partial charge >= 0.3 is 0 Å². The van der Waals surface area contributed by atoms with Crippen molar-refractivity contribution < 1.29 is 9.47 Å². The molecule has 1 unspecified atom stereocenters. The molecule has 1 fully saturated rings. The van der Waals surface area contributed by atoms with Crippen LogP contribution in [0.4, 0.5) is 5.82 Å². The van der Waals surface area contributed by atoms with Crippen molar-refractivity contribution in [1.82, 2.24) is 4.98 Å². The van der Waals surface area contributed by atoms with E-state index in [4.69, 9.17) is 32.7 Å². The molecule has 106 valence electrons. The first-order valence-electron chi connectivity index (χ1n) is 6.55. The zero-order valence-corrected chi connectivity index (χ0v) is 12.4. The van der Waals surface area contributed by atoms with Gasteiger partial charge in [-0.25, -0.2) is 0 Å². The van der Waals surface area contributed by atoms with E-state index in [2.05, 4.69) is 10.3 Å². The van der Waals surface area contributed by atoms with E-state index >= 15 is 0 Å². The van der Waals surface area contributed by atoms with E-state index < -0.39 is 0 Å². The lowest BCUT2D eigenvalue weighted by Gasteiger charge is -2.22. The summed E-state index contributed by atoms with van der Waals surface area (Å²) >= 11 is 12.1. The molecule has 1 N–H and O–H groups in total. The molecule has 0 aromatic carbocycles. The highest BCUT2D eigenvalue weighted by Crippen LogP contribution is 2.31. The smallest absolute Gasteiger partial charge is 0.234 e. The van der Waals surface area contributed by atoms with Gasteiger partial charge in [-0.1, -0.05) is 23.2 Å². The number of nitrogens with zero attached hydrogens (tertiary/aromatic N) is 1. The van der Waals surface area contributed by atoms with Crippen molar-refractivity contribution in [3.05, 3.63) is 16.1 Å². The fourth-order valence-electron chi connectivity index (χ4n) is 1.95. The Morgan fingerprint density at radius 2 is 2.26 bits per heavy atom. The average molecular weight is 305 g/mol. The topological polar surface area (TPSA) is 43.4 Å². The Morgan fingerprint density at radius 3 is 2.95 bits per heavy atom. The number of hydrogen-bond acceptors (Lipinski definition) is 4. The number of nitrogens with one attached hydrogen (secondary N) is 1. The first kappa shape index (κ1) is 14.7. The van der Waals surface area contributed by atoms with E-state index in [1.807, 2.05) is 6.92 Å². The van der Waals surface area contributed by atoms with Crippen LogP contribution < -0.4 is 10.1 Å². The maximum Gasteiger partial charge on any atom is 0.234 e. The molecule has 0 saturated carbocycles. The van der Waals surface area contributed by atoms with E-state index in [1.165, 1.54) is 6.42 Å². The SMILES string of the molecule is CCNc1nc(OCC2CCCCO2)c(Cl)cc1Cl. The molecule has 1 aromatic heterocycles. The van der Waals surface area contributed by atoms with Crippen LogP contribution >= 0.6 is 23.2 Å². The van der Waals surface area contributed by atoms with Crippen LogP contribution in [0.3, 0.4) is 0 Å². The average Bonchev–Trinajstić information content (AvgIpc) is 2.42. The summed E-state index contributed by atoms with van der Waals surface area (Å²) in [4.78, 5) is 4.29. The van der Waals surface area contributed by atoms with Crippen molar-refractivity contribution >= 4 is 29.0 Å². The summed E-state index contributed by atoms with van der Waals surface area (Å²) in [6.45, 7) is 3.99. The molecule has 19 heavy (non-hydrogen) atoms. The molecule has 2 heterocycles. The minimum atomic E-state index is 0.130. The third-order valence-electron chi connectivity index (χ3n) is 2.92. The molecule has 0 amide bonds. The summed E-state index contributed by atoms with van der Waals surface area (Å²) in [6, 6.07) is 1.64. The molecule has 1 aliphatic rings. The van der Waals surface area contributed by atoms with Gasteiger partial charge < -0.3 is 14.8 Å². The molecule has 0 radical (unpaired) electrons. The summed E-state index contributed by atoms with van der Waals surface area (Å²) in [5, 5.41) is 3.98. The molecule has 0 spiro atoms. The Hall–Kier alpha value is -0.710. The number of halogens is 2. The fraction of sp³-hybridized carbons (Fsp3) is 0.615. The Labute approximate surface area is 123 Å². The van der Waals surface area contributed by atoms with Gasteiger partial charge in [-0.05, 0) is 32.3 Å². The highest BCUT2D eigenvalue weighted by molar-refractivity contribution is 6.36. The molecule has 1 aliphatic heterocycles. The van der Waals surface area contributed by atoms with E-state index in [9.17, 15) is 0 Å². The minimum absolute atomic E-state index is 0.130. The van der Waals surface area contributed by atoms with Gasteiger partial charge in [0, 0.05) is 13.2 Å². The highest BCUT2D eigenvalue weighted by atomic mass is 35.5. The Kier molecular flexibility index (Phi) is 5.55. The quantitative estimate of drug-likeness (QED) is 0.899. The van der Waals surface area contributed by atoms with Gasteiger partial charge in [0.15, 0.2) is 0 Å². The van der Waals surface area contributed by atoms with Gasteiger partial charge in [0.05, 0.1) is 11.1 Å². The lowest BCUT2D eigenvalue weighted by Crippen LogP contribution is -2.26. The third-order valence-corrected chi connectivity index (χ3v) is 3.48. The molecular weight excluding hydrogens is 287 g/mol. The summed E-state index contributed by atoms with van der Waals surface area (Å²) in [5.41, 5.74) is 0. The van der Waals surface area contributed by atoms with Crippen molar-refractivity contribution in [2.24, 2.45) is 0 Å². The molecule has 1 aromatic rings. The number of pyridine rings is 1.